The predicted octanol–water partition coefficient (Wildman–Crippen LogP) is 6.33. The van der Waals surface area contributed by atoms with E-state index < -0.39 is 23.6 Å². The van der Waals surface area contributed by atoms with E-state index in [1.165, 1.54) is 6.21 Å². The summed E-state index contributed by atoms with van der Waals surface area (Å²) in [6, 6.07) is 14.1. The molecule has 0 aliphatic rings. The number of nitrogens with one attached hydrogen (secondary N) is 2. The highest BCUT2D eigenvalue weighted by Crippen LogP contribution is 2.33. The molecular weight excluding hydrogens is 530 g/mol. The van der Waals surface area contributed by atoms with Gasteiger partial charge in [-0.2, -0.15) is 18.3 Å². The van der Waals surface area contributed by atoms with Crippen molar-refractivity contribution in [3.8, 4) is 5.75 Å². The van der Waals surface area contributed by atoms with Gasteiger partial charge in [-0.3, -0.25) is 9.59 Å². The van der Waals surface area contributed by atoms with Gasteiger partial charge in [0, 0.05) is 15.6 Å². The van der Waals surface area contributed by atoms with Crippen LogP contribution < -0.4 is 15.5 Å². The minimum absolute atomic E-state index is 0.160. The van der Waals surface area contributed by atoms with Gasteiger partial charge in [-0.25, -0.2) is 5.43 Å². The molecule has 0 unspecified atom stereocenters. The molecule has 0 saturated carbocycles. The lowest BCUT2D eigenvalue weighted by atomic mass is 10.2. The molecule has 6 nitrogen and oxygen atoms in total. The number of ether oxygens (including phenoxy) is 1. The van der Waals surface area contributed by atoms with Crippen LogP contribution in [-0.4, -0.2) is 18.0 Å². The Kier molecular flexibility index (Phi) is 8.61. The first-order valence-corrected chi connectivity index (χ1v) is 10.8. The zero-order valence-corrected chi connectivity index (χ0v) is 19.8. The van der Waals surface area contributed by atoms with Crippen LogP contribution in [0.25, 0.3) is 0 Å². The molecule has 0 aromatic heterocycles. The van der Waals surface area contributed by atoms with Crippen molar-refractivity contribution in [2.45, 2.75) is 12.8 Å². The van der Waals surface area contributed by atoms with E-state index in [2.05, 4.69) is 5.10 Å². The monoisotopic (exact) mass is 543 g/mol. The summed E-state index contributed by atoms with van der Waals surface area (Å²) in [4.78, 5) is 23.9. The number of hydrazone groups is 1. The fraction of sp³-hybridized carbons (Fsp3) is 0.0870. The molecule has 3 aromatic rings. The maximum absolute atomic E-state index is 12.8. The fourth-order valence-corrected chi connectivity index (χ4v) is 3.34. The first kappa shape index (κ1) is 26.3. The minimum atomic E-state index is -4.64. The van der Waals surface area contributed by atoms with Crippen molar-refractivity contribution < 1.29 is 27.5 Å². The average Bonchev–Trinajstić information content (AvgIpc) is 2.80. The van der Waals surface area contributed by atoms with Gasteiger partial charge in [0.15, 0.2) is 0 Å². The highest BCUT2D eigenvalue weighted by Gasteiger charge is 2.31. The van der Waals surface area contributed by atoms with Gasteiger partial charge in [0.25, 0.3) is 0 Å². The summed E-state index contributed by atoms with van der Waals surface area (Å²) in [6.45, 7) is 0.160. The highest BCUT2D eigenvalue weighted by atomic mass is 35.5. The standard InChI is InChI=1S/C23H15Cl3F3N3O3/c24-17-2-1-3-18(25)16(17)12-35-15-7-4-13(5-8-15)11-30-32-22(34)21(33)31-20-10-14(23(27,28)29)6-9-19(20)26/h1-11H,12H2,(H,31,33)(H,32,34)/b30-11+. The number of hydrogen-bond donors (Lipinski definition) is 2. The zero-order valence-electron chi connectivity index (χ0n) is 17.5. The molecule has 0 spiro atoms. The summed E-state index contributed by atoms with van der Waals surface area (Å²) < 4.78 is 44.1. The number of rotatable bonds is 6. The predicted molar refractivity (Wildman–Crippen MR) is 128 cm³/mol. The van der Waals surface area contributed by atoms with Gasteiger partial charge < -0.3 is 10.1 Å². The second kappa shape index (κ2) is 11.4. The van der Waals surface area contributed by atoms with Crippen molar-refractivity contribution in [2.75, 3.05) is 5.32 Å². The first-order valence-electron chi connectivity index (χ1n) is 9.71. The van der Waals surface area contributed by atoms with E-state index in [1.807, 2.05) is 10.7 Å². The van der Waals surface area contributed by atoms with E-state index in [0.29, 0.717) is 33.0 Å². The molecule has 12 heteroatoms. The molecule has 0 heterocycles. The molecular formula is C23H15Cl3F3N3O3. The molecule has 0 atom stereocenters. The topological polar surface area (TPSA) is 79.8 Å². The van der Waals surface area contributed by atoms with Crippen LogP contribution in [0, 0.1) is 0 Å². The Morgan fingerprint density at radius 1 is 0.914 bits per heavy atom. The van der Waals surface area contributed by atoms with Crippen LogP contribution in [0.2, 0.25) is 15.1 Å². The number of halogens is 6. The smallest absolute Gasteiger partial charge is 0.416 e. The number of hydrogen-bond acceptors (Lipinski definition) is 4. The molecule has 0 aliphatic heterocycles. The molecule has 2 amide bonds. The van der Waals surface area contributed by atoms with Crippen molar-refractivity contribution in [1.82, 2.24) is 5.43 Å². The molecule has 0 bridgehead atoms. The van der Waals surface area contributed by atoms with Gasteiger partial charge in [0.05, 0.1) is 22.5 Å². The summed E-state index contributed by atoms with van der Waals surface area (Å²) >= 11 is 18.0. The Labute approximate surface area is 212 Å². The van der Waals surface area contributed by atoms with Crippen molar-refractivity contribution in [3.05, 3.63) is 92.4 Å². The Morgan fingerprint density at radius 3 is 2.20 bits per heavy atom. The van der Waals surface area contributed by atoms with Gasteiger partial charge >= 0.3 is 18.0 Å². The number of benzene rings is 3. The summed E-state index contributed by atoms with van der Waals surface area (Å²) in [5.41, 5.74) is 1.80. The molecule has 0 aliphatic carbocycles. The average molecular weight is 545 g/mol. The molecule has 182 valence electrons. The third-order valence-corrected chi connectivity index (χ3v) is 5.49. The summed E-state index contributed by atoms with van der Waals surface area (Å²) in [5, 5.41) is 6.48. The number of amides is 2. The Hall–Kier alpha value is -3.27. The molecule has 2 N–H and O–H groups in total. The third-order valence-electron chi connectivity index (χ3n) is 4.45. The molecule has 3 aromatic carbocycles. The zero-order chi connectivity index (χ0) is 25.6. The largest absolute Gasteiger partial charge is 0.489 e. The van der Waals surface area contributed by atoms with Crippen molar-refractivity contribution in [3.63, 3.8) is 0 Å². The lowest BCUT2D eigenvalue weighted by Gasteiger charge is -2.11. The van der Waals surface area contributed by atoms with E-state index in [4.69, 9.17) is 39.5 Å². The van der Waals surface area contributed by atoms with Crippen molar-refractivity contribution >= 4 is 58.5 Å². The number of nitrogens with zero attached hydrogens (tertiary/aromatic N) is 1. The van der Waals surface area contributed by atoms with Crippen LogP contribution in [-0.2, 0) is 22.4 Å². The van der Waals surface area contributed by atoms with Crippen LogP contribution in [0.4, 0.5) is 18.9 Å². The third kappa shape index (κ3) is 7.35. The Morgan fingerprint density at radius 2 is 1.57 bits per heavy atom. The molecule has 3 rings (SSSR count). The van der Waals surface area contributed by atoms with E-state index in [0.717, 1.165) is 12.1 Å². The van der Waals surface area contributed by atoms with Gasteiger partial charge in [0.2, 0.25) is 0 Å². The lowest BCUT2D eigenvalue weighted by molar-refractivity contribution is -0.137. The number of anilines is 1. The van der Waals surface area contributed by atoms with Crippen LogP contribution in [0.1, 0.15) is 16.7 Å². The van der Waals surface area contributed by atoms with Crippen LogP contribution in [0.15, 0.2) is 65.8 Å². The number of alkyl halides is 3. The quantitative estimate of drug-likeness (QED) is 0.216. The van der Waals surface area contributed by atoms with E-state index >= 15 is 0 Å². The highest BCUT2D eigenvalue weighted by molar-refractivity contribution is 6.41. The number of carbonyl (C=O) groups is 2. The Balaban J connectivity index is 1.53. The normalized spacial score (nSPS) is 11.4. The summed E-state index contributed by atoms with van der Waals surface area (Å²) in [5.74, 6) is -1.92. The molecule has 0 saturated heterocycles. The summed E-state index contributed by atoms with van der Waals surface area (Å²) in [7, 11) is 0. The van der Waals surface area contributed by atoms with Crippen LogP contribution in [0.3, 0.4) is 0 Å². The molecule has 0 fully saturated rings. The van der Waals surface area contributed by atoms with E-state index in [9.17, 15) is 22.8 Å². The van der Waals surface area contributed by atoms with Gasteiger partial charge in [-0.15, -0.1) is 0 Å². The second-order valence-electron chi connectivity index (χ2n) is 6.90. The van der Waals surface area contributed by atoms with Crippen LogP contribution >= 0.6 is 34.8 Å². The van der Waals surface area contributed by atoms with Crippen LogP contribution in [0.5, 0.6) is 5.75 Å². The number of carbonyl (C=O) groups excluding carboxylic acids is 2. The molecule has 35 heavy (non-hydrogen) atoms. The molecule has 0 radical (unpaired) electrons. The van der Waals surface area contributed by atoms with Gasteiger partial charge in [-0.1, -0.05) is 40.9 Å². The Bertz CT molecular complexity index is 1250. The van der Waals surface area contributed by atoms with E-state index in [1.54, 1.807) is 42.5 Å². The van der Waals surface area contributed by atoms with Crippen molar-refractivity contribution in [1.29, 1.82) is 0 Å². The van der Waals surface area contributed by atoms with Gasteiger partial charge in [0.1, 0.15) is 12.4 Å². The maximum Gasteiger partial charge on any atom is 0.416 e. The van der Waals surface area contributed by atoms with Crippen molar-refractivity contribution in [2.24, 2.45) is 5.10 Å². The first-order chi connectivity index (χ1) is 16.5. The SMILES string of the molecule is O=C(N/N=C/c1ccc(OCc2c(Cl)cccc2Cl)cc1)C(=O)Nc1cc(C(F)(F)F)ccc1Cl. The maximum atomic E-state index is 12.8. The second-order valence-corrected chi connectivity index (χ2v) is 8.13. The lowest BCUT2D eigenvalue weighted by Crippen LogP contribution is -2.32. The summed E-state index contributed by atoms with van der Waals surface area (Å²) in [6.07, 6.45) is -3.38. The van der Waals surface area contributed by atoms with Gasteiger partial charge in [-0.05, 0) is 60.2 Å². The van der Waals surface area contributed by atoms with E-state index in [-0.39, 0.29) is 17.3 Å². The fourth-order valence-electron chi connectivity index (χ4n) is 2.67. The minimum Gasteiger partial charge on any atom is -0.489 e.